The Morgan fingerprint density at radius 2 is 1.85 bits per heavy atom. The summed E-state index contributed by atoms with van der Waals surface area (Å²) in [7, 11) is -1.07. The smallest absolute Gasteiger partial charge is 0.0973 e. The standard InChI is InChI=1S/C16H27NO2S/c1-6-15(17-20(18)16(3,4)5)13(2)19-12-14-10-8-7-9-11-14/h7-11,13,15,17H,6,12H2,1-5H3/t13-,15-,20+/m0/s1. The van der Waals surface area contributed by atoms with Gasteiger partial charge in [0.15, 0.2) is 0 Å². The number of benzene rings is 1. The van der Waals surface area contributed by atoms with Gasteiger partial charge in [0, 0.05) is 6.04 Å². The summed E-state index contributed by atoms with van der Waals surface area (Å²) in [6.07, 6.45) is 0.907. The molecule has 0 aromatic heterocycles. The highest BCUT2D eigenvalue weighted by atomic mass is 32.2. The van der Waals surface area contributed by atoms with Gasteiger partial charge < -0.3 is 4.74 Å². The molecule has 0 unspecified atom stereocenters. The minimum atomic E-state index is -1.07. The lowest BCUT2D eigenvalue weighted by Gasteiger charge is -2.27. The van der Waals surface area contributed by atoms with Gasteiger partial charge in [0.2, 0.25) is 0 Å². The van der Waals surface area contributed by atoms with E-state index >= 15 is 0 Å². The second-order valence-corrected chi connectivity index (χ2v) is 8.01. The Bertz CT molecular complexity index is 414. The average Bonchev–Trinajstić information content (AvgIpc) is 2.41. The lowest BCUT2D eigenvalue weighted by molar-refractivity contribution is 0.0317. The van der Waals surface area contributed by atoms with Gasteiger partial charge in [0.1, 0.15) is 0 Å². The maximum atomic E-state index is 12.2. The molecule has 0 heterocycles. The van der Waals surface area contributed by atoms with Crippen molar-refractivity contribution in [2.45, 2.75) is 64.5 Å². The van der Waals surface area contributed by atoms with E-state index in [0.29, 0.717) is 6.61 Å². The van der Waals surface area contributed by atoms with E-state index in [-0.39, 0.29) is 16.9 Å². The maximum Gasteiger partial charge on any atom is 0.0973 e. The van der Waals surface area contributed by atoms with Gasteiger partial charge in [0.25, 0.3) is 0 Å². The first-order valence-corrected chi connectivity index (χ1v) is 8.33. The fraction of sp³-hybridized carbons (Fsp3) is 0.625. The van der Waals surface area contributed by atoms with Crippen molar-refractivity contribution in [2.75, 3.05) is 0 Å². The number of nitrogens with one attached hydrogen (secondary N) is 1. The lowest BCUT2D eigenvalue weighted by Crippen LogP contribution is -2.45. The molecular formula is C16H27NO2S. The lowest BCUT2D eigenvalue weighted by atomic mass is 10.1. The van der Waals surface area contributed by atoms with Crippen LogP contribution in [0.5, 0.6) is 0 Å². The first-order chi connectivity index (χ1) is 9.34. The summed E-state index contributed by atoms with van der Waals surface area (Å²) in [5.41, 5.74) is 1.16. The molecule has 0 radical (unpaired) electrons. The van der Waals surface area contributed by atoms with Gasteiger partial charge >= 0.3 is 0 Å². The van der Waals surface area contributed by atoms with Crippen molar-refractivity contribution >= 4 is 11.0 Å². The van der Waals surface area contributed by atoms with Gasteiger partial charge in [-0.2, -0.15) is 0 Å². The van der Waals surface area contributed by atoms with Gasteiger partial charge in [-0.15, -0.1) is 0 Å². The summed E-state index contributed by atoms with van der Waals surface area (Å²) in [5, 5.41) is 0. The third-order valence-electron chi connectivity index (χ3n) is 3.18. The molecule has 1 aromatic rings. The molecule has 3 nitrogen and oxygen atoms in total. The van der Waals surface area contributed by atoms with Crippen LogP contribution < -0.4 is 4.72 Å². The van der Waals surface area contributed by atoms with Gasteiger partial charge in [-0.3, -0.25) is 0 Å². The molecule has 4 heteroatoms. The molecular weight excluding hydrogens is 270 g/mol. The van der Waals surface area contributed by atoms with Crippen molar-refractivity contribution in [3.63, 3.8) is 0 Å². The molecule has 0 fully saturated rings. The molecule has 0 aliphatic heterocycles. The molecule has 0 saturated heterocycles. The van der Waals surface area contributed by atoms with Crippen LogP contribution in [0.2, 0.25) is 0 Å². The zero-order valence-corrected chi connectivity index (χ0v) is 14.0. The van der Waals surface area contributed by atoms with Crippen LogP contribution in [0.1, 0.15) is 46.6 Å². The summed E-state index contributed by atoms with van der Waals surface area (Å²) in [6, 6.07) is 10.2. The number of rotatable bonds is 7. The second kappa shape index (κ2) is 7.91. The Balaban J connectivity index is 2.51. The van der Waals surface area contributed by atoms with E-state index in [1.807, 2.05) is 45.9 Å². The fourth-order valence-electron chi connectivity index (χ4n) is 1.74. The highest BCUT2D eigenvalue weighted by Gasteiger charge is 2.25. The van der Waals surface area contributed by atoms with E-state index < -0.39 is 11.0 Å². The van der Waals surface area contributed by atoms with Gasteiger partial charge in [0.05, 0.1) is 28.4 Å². The molecule has 0 amide bonds. The van der Waals surface area contributed by atoms with Crippen LogP contribution in [0, 0.1) is 0 Å². The summed E-state index contributed by atoms with van der Waals surface area (Å²) < 4.78 is 21.0. The minimum Gasteiger partial charge on any atom is -0.372 e. The molecule has 0 bridgehead atoms. The predicted octanol–water partition coefficient (Wildman–Crippen LogP) is 3.42. The molecule has 1 aromatic carbocycles. The van der Waals surface area contributed by atoms with Crippen molar-refractivity contribution in [2.24, 2.45) is 0 Å². The molecule has 1 N–H and O–H groups in total. The molecule has 0 spiro atoms. The monoisotopic (exact) mass is 297 g/mol. The van der Waals surface area contributed by atoms with Crippen LogP contribution in [0.3, 0.4) is 0 Å². The largest absolute Gasteiger partial charge is 0.372 e. The van der Waals surface area contributed by atoms with Gasteiger partial charge in [-0.25, -0.2) is 8.93 Å². The minimum absolute atomic E-state index is 0.0199. The van der Waals surface area contributed by atoms with Gasteiger partial charge in [-0.1, -0.05) is 37.3 Å². The van der Waals surface area contributed by atoms with Crippen molar-refractivity contribution < 1.29 is 8.95 Å². The fourth-order valence-corrected chi connectivity index (χ4v) is 2.73. The van der Waals surface area contributed by atoms with Crippen molar-refractivity contribution in [1.82, 2.24) is 4.72 Å². The highest BCUT2D eigenvalue weighted by molar-refractivity contribution is 7.84. The summed E-state index contributed by atoms with van der Waals surface area (Å²) in [6.45, 7) is 10.6. The first-order valence-electron chi connectivity index (χ1n) is 7.18. The predicted molar refractivity (Wildman–Crippen MR) is 85.8 cm³/mol. The van der Waals surface area contributed by atoms with Gasteiger partial charge in [-0.05, 0) is 39.7 Å². The highest BCUT2D eigenvalue weighted by Crippen LogP contribution is 2.13. The Morgan fingerprint density at radius 3 is 2.35 bits per heavy atom. The van der Waals surface area contributed by atoms with Crippen LogP contribution >= 0.6 is 0 Å². The van der Waals surface area contributed by atoms with E-state index in [4.69, 9.17) is 4.74 Å². The molecule has 0 saturated carbocycles. The average molecular weight is 297 g/mol. The Kier molecular flexibility index (Phi) is 6.86. The molecule has 0 aliphatic rings. The maximum absolute atomic E-state index is 12.2. The first kappa shape index (κ1) is 17.3. The van der Waals surface area contributed by atoms with E-state index in [1.165, 1.54) is 0 Å². The third kappa shape index (κ3) is 5.73. The number of hydrogen-bond acceptors (Lipinski definition) is 2. The Labute approximate surface area is 125 Å². The van der Waals surface area contributed by atoms with E-state index in [2.05, 4.69) is 23.8 Å². The normalized spacial score (nSPS) is 16.6. The molecule has 1 rings (SSSR count). The summed E-state index contributed by atoms with van der Waals surface area (Å²) in [5.74, 6) is 0. The molecule has 114 valence electrons. The van der Waals surface area contributed by atoms with Crippen molar-refractivity contribution in [3.8, 4) is 0 Å². The van der Waals surface area contributed by atoms with E-state index in [0.717, 1.165) is 12.0 Å². The van der Waals surface area contributed by atoms with Crippen molar-refractivity contribution in [1.29, 1.82) is 0 Å². The summed E-state index contributed by atoms with van der Waals surface area (Å²) in [4.78, 5) is 0. The van der Waals surface area contributed by atoms with Crippen LogP contribution in [0.4, 0.5) is 0 Å². The molecule has 3 atom stereocenters. The van der Waals surface area contributed by atoms with Crippen LogP contribution in [-0.2, 0) is 22.3 Å². The molecule has 20 heavy (non-hydrogen) atoms. The number of ether oxygens (including phenoxy) is 1. The molecule has 0 aliphatic carbocycles. The summed E-state index contributed by atoms with van der Waals surface area (Å²) >= 11 is 0. The topological polar surface area (TPSA) is 38.3 Å². The SMILES string of the molecule is CC[C@H](N[S@](=O)C(C)(C)C)[C@H](C)OCc1ccccc1. The zero-order chi connectivity index (χ0) is 15.2. The second-order valence-electron chi connectivity index (χ2n) is 6.02. The van der Waals surface area contributed by atoms with E-state index in [1.54, 1.807) is 0 Å². The van der Waals surface area contributed by atoms with Crippen LogP contribution in [0.15, 0.2) is 30.3 Å². The van der Waals surface area contributed by atoms with Crippen LogP contribution in [-0.4, -0.2) is 21.1 Å². The van der Waals surface area contributed by atoms with Crippen molar-refractivity contribution in [3.05, 3.63) is 35.9 Å². The quantitative estimate of drug-likeness (QED) is 0.837. The van der Waals surface area contributed by atoms with E-state index in [9.17, 15) is 4.21 Å². The zero-order valence-electron chi connectivity index (χ0n) is 13.2. The Hall–Kier alpha value is -0.710. The Morgan fingerprint density at radius 1 is 1.25 bits per heavy atom. The van der Waals surface area contributed by atoms with Crippen LogP contribution in [0.25, 0.3) is 0 Å². The third-order valence-corrected chi connectivity index (χ3v) is 4.81. The number of hydrogen-bond donors (Lipinski definition) is 1.